The fourth-order valence-electron chi connectivity index (χ4n) is 4.10. The van der Waals surface area contributed by atoms with Gasteiger partial charge in [0.05, 0.1) is 18.6 Å². The summed E-state index contributed by atoms with van der Waals surface area (Å²) in [7, 11) is 1.56. The highest BCUT2D eigenvalue weighted by atomic mass is 35.5. The topological polar surface area (TPSA) is 55.8 Å². The molecule has 4 aromatic carbocycles. The third-order valence-electron chi connectivity index (χ3n) is 6.00. The molecule has 0 bridgehead atoms. The number of hydrogen-bond acceptors (Lipinski definition) is 5. The highest BCUT2D eigenvalue weighted by Gasteiger charge is 2.35. The van der Waals surface area contributed by atoms with E-state index in [2.05, 4.69) is 18.2 Å². The van der Waals surface area contributed by atoms with E-state index in [1.807, 2.05) is 30.3 Å². The van der Waals surface area contributed by atoms with E-state index in [-0.39, 0.29) is 11.8 Å². The largest absolute Gasteiger partial charge is 0.493 e. The molecule has 0 aliphatic carbocycles. The van der Waals surface area contributed by atoms with Gasteiger partial charge in [0.15, 0.2) is 11.5 Å². The first-order valence-electron chi connectivity index (χ1n) is 11.4. The van der Waals surface area contributed by atoms with Gasteiger partial charge >= 0.3 is 0 Å². The Balaban J connectivity index is 1.33. The molecule has 4 aromatic rings. The van der Waals surface area contributed by atoms with Crippen LogP contribution in [-0.2, 0) is 17.9 Å². The molecule has 1 fully saturated rings. The van der Waals surface area contributed by atoms with Crippen LogP contribution in [0.1, 0.15) is 16.7 Å². The standard InChI is InChI=1S/C29H21Cl2NO4S/c1-35-26-14-18(12-13-25(26)36-17-20-8-4-7-19-6-2-3-9-21(19)20)15-27-28(33)32(29(34)37-27)16-22-23(30)10-5-11-24(22)31/h2-15H,16-17H2,1H3/b27-15+. The molecule has 1 aliphatic rings. The minimum absolute atomic E-state index is 0.00474. The van der Waals surface area contributed by atoms with Crippen molar-refractivity contribution in [2.75, 3.05) is 7.11 Å². The molecule has 1 aliphatic heterocycles. The number of thioether (sulfide) groups is 1. The lowest BCUT2D eigenvalue weighted by atomic mass is 10.1. The first-order chi connectivity index (χ1) is 17.9. The summed E-state index contributed by atoms with van der Waals surface area (Å²) in [6.45, 7) is 0.380. The molecule has 1 heterocycles. The van der Waals surface area contributed by atoms with E-state index in [4.69, 9.17) is 32.7 Å². The van der Waals surface area contributed by atoms with Crippen molar-refractivity contribution in [3.63, 3.8) is 0 Å². The second-order valence-electron chi connectivity index (χ2n) is 8.31. The third kappa shape index (κ3) is 5.32. The normalized spacial score (nSPS) is 14.6. The van der Waals surface area contributed by atoms with E-state index in [1.54, 1.807) is 43.5 Å². The number of benzene rings is 4. The van der Waals surface area contributed by atoms with Gasteiger partial charge in [-0.2, -0.15) is 0 Å². The van der Waals surface area contributed by atoms with E-state index < -0.39 is 5.91 Å². The van der Waals surface area contributed by atoms with Crippen molar-refractivity contribution in [3.05, 3.63) is 111 Å². The molecular formula is C29H21Cl2NO4S. The van der Waals surface area contributed by atoms with Crippen molar-refractivity contribution in [2.24, 2.45) is 0 Å². The molecule has 0 atom stereocenters. The zero-order chi connectivity index (χ0) is 25.9. The maximum atomic E-state index is 13.0. The maximum absolute atomic E-state index is 13.0. The van der Waals surface area contributed by atoms with Gasteiger partial charge in [0.25, 0.3) is 11.1 Å². The minimum atomic E-state index is -0.402. The average Bonchev–Trinajstić information content (AvgIpc) is 3.17. The third-order valence-corrected chi connectivity index (χ3v) is 7.62. The fraction of sp³-hybridized carbons (Fsp3) is 0.103. The van der Waals surface area contributed by atoms with Crippen LogP contribution in [-0.4, -0.2) is 23.2 Å². The summed E-state index contributed by atoms with van der Waals surface area (Å²) in [6, 6.07) is 24.7. The molecule has 0 N–H and O–H groups in total. The lowest BCUT2D eigenvalue weighted by Crippen LogP contribution is -2.27. The second kappa shape index (κ2) is 10.9. The van der Waals surface area contributed by atoms with E-state index in [9.17, 15) is 9.59 Å². The van der Waals surface area contributed by atoms with Crippen molar-refractivity contribution in [1.82, 2.24) is 4.90 Å². The van der Waals surface area contributed by atoms with Crippen LogP contribution < -0.4 is 9.47 Å². The number of amides is 2. The number of rotatable bonds is 7. The monoisotopic (exact) mass is 549 g/mol. The molecule has 0 radical (unpaired) electrons. The molecule has 1 saturated heterocycles. The number of methoxy groups -OCH3 is 1. The van der Waals surface area contributed by atoms with Gasteiger partial charge in [-0.05, 0) is 64.0 Å². The van der Waals surface area contributed by atoms with E-state index >= 15 is 0 Å². The van der Waals surface area contributed by atoms with Crippen LogP contribution in [0.15, 0.2) is 83.8 Å². The van der Waals surface area contributed by atoms with Crippen LogP contribution in [0.5, 0.6) is 11.5 Å². The van der Waals surface area contributed by atoms with Crippen LogP contribution in [0.4, 0.5) is 4.79 Å². The van der Waals surface area contributed by atoms with Gasteiger partial charge in [-0.15, -0.1) is 0 Å². The number of carbonyl (C=O) groups excluding carboxylic acids is 2. The Kier molecular flexibility index (Phi) is 7.42. The van der Waals surface area contributed by atoms with Gasteiger partial charge in [0.2, 0.25) is 0 Å². The Morgan fingerprint density at radius 3 is 2.41 bits per heavy atom. The first kappa shape index (κ1) is 25.2. The quantitative estimate of drug-likeness (QED) is 0.219. The Bertz CT molecular complexity index is 1530. The van der Waals surface area contributed by atoms with Gasteiger partial charge in [-0.1, -0.05) is 77.8 Å². The van der Waals surface area contributed by atoms with Gasteiger partial charge in [0, 0.05) is 15.6 Å². The van der Waals surface area contributed by atoms with Gasteiger partial charge in [0.1, 0.15) is 6.61 Å². The zero-order valence-electron chi connectivity index (χ0n) is 19.7. The molecule has 5 rings (SSSR count). The SMILES string of the molecule is COc1cc(/C=C2/SC(=O)N(Cc3c(Cl)cccc3Cl)C2=O)ccc1OCc1cccc2ccccc12. The summed E-state index contributed by atoms with van der Waals surface area (Å²) in [5.41, 5.74) is 2.30. The Morgan fingerprint density at radius 1 is 0.892 bits per heavy atom. The lowest BCUT2D eigenvalue weighted by Gasteiger charge is -2.14. The van der Waals surface area contributed by atoms with E-state index in [1.165, 1.54) is 0 Å². The van der Waals surface area contributed by atoms with Gasteiger partial charge in [-0.25, -0.2) is 0 Å². The van der Waals surface area contributed by atoms with Gasteiger partial charge in [-0.3, -0.25) is 14.5 Å². The average molecular weight is 550 g/mol. The van der Waals surface area contributed by atoms with Crippen LogP contribution in [0.25, 0.3) is 16.8 Å². The molecule has 0 aromatic heterocycles. The number of nitrogens with zero attached hydrogens (tertiary/aromatic N) is 1. The summed E-state index contributed by atoms with van der Waals surface area (Å²) in [6.07, 6.45) is 1.66. The molecule has 2 amide bonds. The Morgan fingerprint density at radius 2 is 1.62 bits per heavy atom. The van der Waals surface area contributed by atoms with E-state index in [0.29, 0.717) is 44.2 Å². The predicted molar refractivity (Wildman–Crippen MR) is 149 cm³/mol. The molecular weight excluding hydrogens is 529 g/mol. The number of ether oxygens (including phenoxy) is 2. The van der Waals surface area contributed by atoms with Crippen LogP contribution in [0.2, 0.25) is 10.0 Å². The summed E-state index contributed by atoms with van der Waals surface area (Å²) < 4.78 is 11.6. The lowest BCUT2D eigenvalue weighted by molar-refractivity contribution is -0.123. The number of halogens is 2. The van der Waals surface area contributed by atoms with Crippen molar-refractivity contribution in [1.29, 1.82) is 0 Å². The second-order valence-corrected chi connectivity index (χ2v) is 10.1. The molecule has 0 spiro atoms. The summed E-state index contributed by atoms with van der Waals surface area (Å²) in [5, 5.41) is 2.71. The van der Waals surface area contributed by atoms with Crippen molar-refractivity contribution >= 4 is 63.0 Å². The zero-order valence-corrected chi connectivity index (χ0v) is 22.1. The smallest absolute Gasteiger partial charge is 0.293 e. The van der Waals surface area contributed by atoms with Crippen LogP contribution in [0.3, 0.4) is 0 Å². The number of hydrogen-bond donors (Lipinski definition) is 0. The number of carbonyl (C=O) groups is 2. The summed E-state index contributed by atoms with van der Waals surface area (Å²) in [4.78, 5) is 27.1. The Labute approximate surface area is 228 Å². The Hall–Kier alpha value is -3.45. The van der Waals surface area contributed by atoms with Crippen LogP contribution in [0, 0.1) is 0 Å². The van der Waals surface area contributed by atoms with Crippen LogP contribution >= 0.6 is 35.0 Å². The highest BCUT2D eigenvalue weighted by Crippen LogP contribution is 2.37. The summed E-state index contributed by atoms with van der Waals surface area (Å²) >= 11 is 13.3. The number of fused-ring (bicyclic) bond motifs is 1. The van der Waals surface area contributed by atoms with Crippen molar-refractivity contribution < 1.29 is 19.1 Å². The fourth-order valence-corrected chi connectivity index (χ4v) is 5.45. The molecule has 186 valence electrons. The van der Waals surface area contributed by atoms with Gasteiger partial charge < -0.3 is 9.47 Å². The summed E-state index contributed by atoms with van der Waals surface area (Å²) in [5.74, 6) is 0.700. The first-order valence-corrected chi connectivity index (χ1v) is 13.0. The highest BCUT2D eigenvalue weighted by molar-refractivity contribution is 8.18. The molecule has 0 unspecified atom stereocenters. The molecule has 8 heteroatoms. The molecule has 0 saturated carbocycles. The molecule has 37 heavy (non-hydrogen) atoms. The predicted octanol–water partition coefficient (Wildman–Crippen LogP) is 7.97. The minimum Gasteiger partial charge on any atom is -0.493 e. The van der Waals surface area contributed by atoms with Crippen molar-refractivity contribution in [2.45, 2.75) is 13.2 Å². The maximum Gasteiger partial charge on any atom is 0.293 e. The molecule has 5 nitrogen and oxygen atoms in total. The van der Waals surface area contributed by atoms with E-state index in [0.717, 1.165) is 33.0 Å². The number of imide groups is 1. The van der Waals surface area contributed by atoms with Crippen molar-refractivity contribution in [3.8, 4) is 11.5 Å².